The summed E-state index contributed by atoms with van der Waals surface area (Å²) in [5.74, 6) is 0.221. The van der Waals surface area contributed by atoms with Crippen LogP contribution in [0.25, 0.3) is 0 Å². The average molecular weight is 216 g/mol. The molecule has 1 saturated heterocycles. The number of imidazole rings is 1. The Bertz CT molecular complexity index is 499. The Hall–Kier alpha value is -1.04. The quantitative estimate of drug-likeness (QED) is 0.701. The molecular formula is C8H12N2O3S. The smallest absolute Gasteiger partial charge is 0.313 e. The van der Waals surface area contributed by atoms with Gasteiger partial charge in [-0.3, -0.25) is 4.57 Å². The van der Waals surface area contributed by atoms with Crippen LogP contribution in [0.5, 0.6) is 0 Å². The van der Waals surface area contributed by atoms with E-state index in [9.17, 15) is 13.2 Å². The number of sulfone groups is 1. The van der Waals surface area contributed by atoms with E-state index in [4.69, 9.17) is 0 Å². The van der Waals surface area contributed by atoms with E-state index in [0.717, 1.165) is 0 Å². The van der Waals surface area contributed by atoms with Crippen molar-refractivity contribution in [1.29, 1.82) is 0 Å². The fourth-order valence-corrected chi connectivity index (χ4v) is 4.05. The van der Waals surface area contributed by atoms with Crippen LogP contribution in [0, 0.1) is 0 Å². The highest BCUT2D eigenvalue weighted by atomic mass is 32.2. The van der Waals surface area contributed by atoms with Crippen LogP contribution in [-0.4, -0.2) is 29.5 Å². The van der Waals surface area contributed by atoms with Crippen molar-refractivity contribution >= 4 is 9.84 Å². The predicted molar refractivity (Wildman–Crippen MR) is 52.0 cm³/mol. The van der Waals surface area contributed by atoms with Gasteiger partial charge in [0, 0.05) is 12.4 Å². The van der Waals surface area contributed by atoms with Crippen molar-refractivity contribution < 1.29 is 8.42 Å². The van der Waals surface area contributed by atoms with Gasteiger partial charge in [0.2, 0.25) is 0 Å². The molecule has 78 valence electrons. The Morgan fingerprint density at radius 3 is 2.71 bits per heavy atom. The number of nitrogens with one attached hydrogen (secondary N) is 1. The molecule has 1 fully saturated rings. The molecule has 1 atom stereocenters. The number of aromatic nitrogens is 2. The monoisotopic (exact) mass is 216 g/mol. The molecule has 1 aliphatic heterocycles. The maximum Gasteiger partial charge on any atom is 0.326 e. The van der Waals surface area contributed by atoms with Gasteiger partial charge in [0.15, 0.2) is 9.84 Å². The van der Waals surface area contributed by atoms with Crippen LogP contribution in [0.2, 0.25) is 0 Å². The summed E-state index contributed by atoms with van der Waals surface area (Å²) in [5.41, 5.74) is -0.819. The SMILES string of the molecule is CC1(n2cc[nH]c2=O)CCS(=O)(=O)C1. The van der Waals surface area contributed by atoms with Gasteiger partial charge in [-0.15, -0.1) is 0 Å². The Labute approximate surface area is 81.7 Å². The molecule has 1 unspecified atom stereocenters. The van der Waals surface area contributed by atoms with Gasteiger partial charge < -0.3 is 4.98 Å². The topological polar surface area (TPSA) is 71.9 Å². The molecule has 6 heteroatoms. The molecule has 0 aliphatic carbocycles. The van der Waals surface area contributed by atoms with Crippen molar-refractivity contribution in [1.82, 2.24) is 9.55 Å². The Balaban J connectivity index is 2.46. The third-order valence-corrected chi connectivity index (χ3v) is 4.60. The summed E-state index contributed by atoms with van der Waals surface area (Å²) in [6, 6.07) is 0. The zero-order valence-electron chi connectivity index (χ0n) is 7.86. The first kappa shape index (κ1) is 9.51. The van der Waals surface area contributed by atoms with Crippen molar-refractivity contribution in [3.63, 3.8) is 0 Å². The summed E-state index contributed by atoms with van der Waals surface area (Å²) in [7, 11) is -2.97. The van der Waals surface area contributed by atoms with E-state index in [0.29, 0.717) is 6.42 Å². The number of hydrogen-bond acceptors (Lipinski definition) is 3. The van der Waals surface area contributed by atoms with Crippen molar-refractivity contribution in [2.75, 3.05) is 11.5 Å². The molecular weight excluding hydrogens is 204 g/mol. The molecule has 1 aromatic heterocycles. The van der Waals surface area contributed by atoms with Gasteiger partial charge in [-0.05, 0) is 13.3 Å². The summed E-state index contributed by atoms with van der Waals surface area (Å²) in [5, 5.41) is 0. The van der Waals surface area contributed by atoms with Gasteiger partial charge in [0.05, 0.1) is 17.0 Å². The molecule has 1 N–H and O–H groups in total. The Morgan fingerprint density at radius 1 is 1.57 bits per heavy atom. The first-order chi connectivity index (χ1) is 6.43. The lowest BCUT2D eigenvalue weighted by molar-refractivity contribution is 0.355. The largest absolute Gasteiger partial charge is 0.326 e. The minimum absolute atomic E-state index is 0.0533. The van der Waals surface area contributed by atoms with E-state index < -0.39 is 15.4 Å². The third kappa shape index (κ3) is 1.39. The van der Waals surface area contributed by atoms with Gasteiger partial charge in [-0.25, -0.2) is 13.2 Å². The number of hydrogen-bond donors (Lipinski definition) is 1. The van der Waals surface area contributed by atoms with Crippen molar-refractivity contribution in [3.05, 3.63) is 22.9 Å². The third-order valence-electron chi connectivity index (χ3n) is 2.71. The molecule has 1 aliphatic rings. The standard InChI is InChI=1S/C8H12N2O3S/c1-8(2-5-14(12,13)6-8)10-4-3-9-7(10)11/h3-4H,2,5-6H2,1H3,(H,9,11). The van der Waals surface area contributed by atoms with Crippen molar-refractivity contribution in [3.8, 4) is 0 Å². The highest BCUT2D eigenvalue weighted by molar-refractivity contribution is 7.91. The molecule has 14 heavy (non-hydrogen) atoms. The highest BCUT2D eigenvalue weighted by Crippen LogP contribution is 2.28. The van der Waals surface area contributed by atoms with E-state index in [2.05, 4.69) is 4.98 Å². The first-order valence-electron chi connectivity index (χ1n) is 4.40. The Morgan fingerprint density at radius 2 is 2.29 bits per heavy atom. The van der Waals surface area contributed by atoms with E-state index >= 15 is 0 Å². The molecule has 0 radical (unpaired) electrons. The summed E-state index contributed by atoms with van der Waals surface area (Å²) >= 11 is 0. The lowest BCUT2D eigenvalue weighted by Gasteiger charge is -2.22. The second-order valence-electron chi connectivity index (χ2n) is 3.97. The van der Waals surface area contributed by atoms with Crippen LogP contribution in [-0.2, 0) is 15.4 Å². The molecule has 0 spiro atoms. The molecule has 0 aromatic carbocycles. The van der Waals surface area contributed by atoms with Gasteiger partial charge in [0.1, 0.15) is 0 Å². The molecule has 5 nitrogen and oxygen atoms in total. The summed E-state index contributed by atoms with van der Waals surface area (Å²) in [6.07, 6.45) is 3.63. The van der Waals surface area contributed by atoms with Crippen LogP contribution in [0.15, 0.2) is 17.2 Å². The second kappa shape index (κ2) is 2.73. The summed E-state index contributed by atoms with van der Waals surface area (Å²) < 4.78 is 24.1. The van der Waals surface area contributed by atoms with Crippen LogP contribution in [0.3, 0.4) is 0 Å². The van der Waals surface area contributed by atoms with E-state index in [1.807, 2.05) is 0 Å². The zero-order chi connectivity index (χ0) is 10.4. The molecule has 0 saturated carbocycles. The minimum Gasteiger partial charge on any atom is -0.313 e. The average Bonchev–Trinajstić information content (AvgIpc) is 2.57. The first-order valence-corrected chi connectivity index (χ1v) is 6.22. The number of nitrogens with zero attached hydrogens (tertiary/aromatic N) is 1. The van der Waals surface area contributed by atoms with Crippen LogP contribution < -0.4 is 5.69 Å². The molecule has 2 rings (SSSR count). The maximum atomic E-state index is 11.3. The number of aromatic amines is 1. The lowest BCUT2D eigenvalue weighted by Crippen LogP contribution is -2.37. The molecule has 0 amide bonds. The second-order valence-corrected chi connectivity index (χ2v) is 6.16. The number of rotatable bonds is 1. The van der Waals surface area contributed by atoms with Crippen molar-refractivity contribution in [2.24, 2.45) is 0 Å². The lowest BCUT2D eigenvalue weighted by atomic mass is 10.0. The molecule has 0 bridgehead atoms. The summed E-state index contributed by atoms with van der Waals surface area (Å²) in [6.45, 7) is 1.80. The fraction of sp³-hybridized carbons (Fsp3) is 0.625. The maximum absolute atomic E-state index is 11.3. The van der Waals surface area contributed by atoms with Crippen LogP contribution in [0.4, 0.5) is 0 Å². The predicted octanol–water partition coefficient (Wildman–Crippen LogP) is -0.290. The van der Waals surface area contributed by atoms with Crippen LogP contribution in [0.1, 0.15) is 13.3 Å². The van der Waals surface area contributed by atoms with Gasteiger partial charge in [-0.2, -0.15) is 0 Å². The number of H-pyrrole nitrogens is 1. The van der Waals surface area contributed by atoms with Crippen LogP contribution >= 0.6 is 0 Å². The molecule has 1 aromatic rings. The normalized spacial score (nSPS) is 30.6. The fourth-order valence-electron chi connectivity index (χ4n) is 1.93. The highest BCUT2D eigenvalue weighted by Gasteiger charge is 2.40. The van der Waals surface area contributed by atoms with E-state index in [-0.39, 0.29) is 17.2 Å². The molecule has 2 heterocycles. The Kier molecular flexibility index (Phi) is 1.85. The van der Waals surface area contributed by atoms with E-state index in [1.54, 1.807) is 13.1 Å². The van der Waals surface area contributed by atoms with Gasteiger partial charge in [0.25, 0.3) is 0 Å². The van der Waals surface area contributed by atoms with Crippen molar-refractivity contribution in [2.45, 2.75) is 18.9 Å². The van der Waals surface area contributed by atoms with Gasteiger partial charge >= 0.3 is 5.69 Å². The van der Waals surface area contributed by atoms with E-state index in [1.165, 1.54) is 10.8 Å². The summed E-state index contributed by atoms with van der Waals surface area (Å²) in [4.78, 5) is 13.8. The zero-order valence-corrected chi connectivity index (χ0v) is 8.67. The van der Waals surface area contributed by atoms with Gasteiger partial charge in [-0.1, -0.05) is 0 Å². The minimum atomic E-state index is -2.97.